The van der Waals surface area contributed by atoms with E-state index in [1.54, 1.807) is 6.07 Å². The van der Waals surface area contributed by atoms with Crippen molar-refractivity contribution in [3.8, 4) is 0 Å². The van der Waals surface area contributed by atoms with Crippen molar-refractivity contribution in [1.29, 1.82) is 0 Å². The Morgan fingerprint density at radius 2 is 1.61 bits per heavy atom. The Morgan fingerprint density at radius 3 is 2.33 bits per heavy atom. The molecule has 0 spiro atoms. The summed E-state index contributed by atoms with van der Waals surface area (Å²) in [5.74, 6) is -0.0941. The monoisotopic (exact) mass is 306 g/mol. The van der Waals surface area contributed by atoms with Gasteiger partial charge in [0.2, 0.25) is 0 Å². The smallest absolute Gasteiger partial charge is 0.126 e. The second-order valence-electron chi connectivity index (χ2n) is 4.36. The predicted octanol–water partition coefficient (Wildman–Crippen LogP) is 5.28. The van der Waals surface area contributed by atoms with Gasteiger partial charge < -0.3 is 0 Å². The molecule has 0 heterocycles. The van der Waals surface area contributed by atoms with Crippen molar-refractivity contribution in [2.45, 2.75) is 24.1 Å². The van der Waals surface area contributed by atoms with Gasteiger partial charge in [-0.15, -0.1) is 0 Å². The van der Waals surface area contributed by atoms with Crippen molar-refractivity contribution < 1.29 is 4.39 Å². The normalized spacial score (nSPS) is 12.3. The van der Waals surface area contributed by atoms with Crippen LogP contribution in [0.25, 0.3) is 0 Å². The van der Waals surface area contributed by atoms with E-state index in [-0.39, 0.29) is 5.82 Å². The van der Waals surface area contributed by atoms with E-state index in [4.69, 9.17) is 0 Å². The second kappa shape index (κ2) is 6.69. The Kier molecular flexibility index (Phi) is 4.94. The number of halogens is 2. The minimum atomic E-state index is -0.0941. The molecule has 0 radical (unpaired) electrons. The van der Waals surface area contributed by atoms with E-state index in [1.807, 2.05) is 30.3 Å². The lowest BCUT2D eigenvalue weighted by Crippen LogP contribution is -1.94. The average molecular weight is 307 g/mol. The maximum absolute atomic E-state index is 13.4. The summed E-state index contributed by atoms with van der Waals surface area (Å²) in [6.07, 6.45) is 2.78. The van der Waals surface area contributed by atoms with E-state index in [9.17, 15) is 4.39 Å². The number of hydrogen-bond acceptors (Lipinski definition) is 0. The number of aryl methyl sites for hydroxylation is 1. The van der Waals surface area contributed by atoms with E-state index < -0.39 is 0 Å². The Morgan fingerprint density at radius 1 is 0.944 bits per heavy atom. The van der Waals surface area contributed by atoms with Crippen molar-refractivity contribution >= 4 is 15.9 Å². The molecule has 2 rings (SSSR count). The van der Waals surface area contributed by atoms with Gasteiger partial charge >= 0.3 is 0 Å². The third-order valence-corrected chi connectivity index (χ3v) is 4.01. The highest BCUT2D eigenvalue weighted by Crippen LogP contribution is 2.28. The topological polar surface area (TPSA) is 0 Å². The van der Waals surface area contributed by atoms with Crippen LogP contribution in [0.2, 0.25) is 0 Å². The Labute approximate surface area is 116 Å². The summed E-state index contributed by atoms with van der Waals surface area (Å²) in [4.78, 5) is 0.352. The zero-order valence-corrected chi connectivity index (χ0v) is 11.7. The molecule has 18 heavy (non-hydrogen) atoms. The second-order valence-corrected chi connectivity index (χ2v) is 5.47. The van der Waals surface area contributed by atoms with Crippen molar-refractivity contribution in [2.24, 2.45) is 0 Å². The summed E-state index contributed by atoms with van der Waals surface area (Å²) >= 11 is 3.68. The highest BCUT2D eigenvalue weighted by atomic mass is 79.9. The molecule has 0 aliphatic carbocycles. The zero-order chi connectivity index (χ0) is 12.8. The lowest BCUT2D eigenvalue weighted by molar-refractivity contribution is 0.600. The molecule has 0 aliphatic rings. The fourth-order valence-corrected chi connectivity index (χ4v) is 2.63. The zero-order valence-electron chi connectivity index (χ0n) is 10.2. The van der Waals surface area contributed by atoms with E-state index in [0.717, 1.165) is 24.8 Å². The molecule has 0 nitrogen and oxygen atoms in total. The van der Waals surface area contributed by atoms with E-state index >= 15 is 0 Å². The molecule has 1 unspecified atom stereocenters. The molecule has 94 valence electrons. The largest absolute Gasteiger partial charge is 0.207 e. The number of benzene rings is 2. The van der Waals surface area contributed by atoms with Crippen LogP contribution >= 0.6 is 15.9 Å². The molecule has 0 fully saturated rings. The van der Waals surface area contributed by atoms with Gasteiger partial charge in [-0.2, -0.15) is 0 Å². The molecule has 2 aromatic rings. The van der Waals surface area contributed by atoms with Crippen LogP contribution in [0.15, 0.2) is 54.6 Å². The number of hydrogen-bond donors (Lipinski definition) is 0. The van der Waals surface area contributed by atoms with Crippen LogP contribution < -0.4 is 0 Å². The van der Waals surface area contributed by atoms with E-state index in [1.165, 1.54) is 11.6 Å². The van der Waals surface area contributed by atoms with Gasteiger partial charge in [-0.05, 0) is 36.5 Å². The first-order chi connectivity index (χ1) is 8.77. The molecule has 2 aromatic carbocycles. The van der Waals surface area contributed by atoms with E-state index in [0.29, 0.717) is 4.83 Å². The van der Waals surface area contributed by atoms with Crippen LogP contribution in [-0.4, -0.2) is 0 Å². The lowest BCUT2D eigenvalue weighted by Gasteiger charge is -2.10. The van der Waals surface area contributed by atoms with Crippen LogP contribution in [-0.2, 0) is 6.42 Å². The van der Waals surface area contributed by atoms with Crippen molar-refractivity contribution in [1.82, 2.24) is 0 Å². The lowest BCUT2D eigenvalue weighted by atomic mass is 10.0. The fourth-order valence-electron chi connectivity index (χ4n) is 2.00. The number of alkyl halides is 1. The van der Waals surface area contributed by atoms with Crippen LogP contribution in [0.3, 0.4) is 0 Å². The molecular weight excluding hydrogens is 291 g/mol. The summed E-state index contributed by atoms with van der Waals surface area (Å²) in [5, 5.41) is 0. The Hall–Kier alpha value is -1.15. The molecule has 0 bridgehead atoms. The van der Waals surface area contributed by atoms with Crippen LogP contribution in [0.1, 0.15) is 28.8 Å². The molecule has 0 saturated carbocycles. The van der Waals surface area contributed by atoms with Crippen LogP contribution in [0, 0.1) is 5.82 Å². The third-order valence-electron chi connectivity index (χ3n) is 3.02. The minimum Gasteiger partial charge on any atom is -0.207 e. The first kappa shape index (κ1) is 13.3. The highest BCUT2D eigenvalue weighted by Gasteiger charge is 2.07. The summed E-state index contributed by atoms with van der Waals surface area (Å²) < 4.78 is 13.4. The molecule has 0 aromatic heterocycles. The molecule has 2 heteroatoms. The van der Waals surface area contributed by atoms with Gasteiger partial charge in [0.25, 0.3) is 0 Å². The van der Waals surface area contributed by atoms with Crippen molar-refractivity contribution in [3.05, 3.63) is 71.5 Å². The first-order valence-electron chi connectivity index (χ1n) is 6.20. The SMILES string of the molecule is Fc1ccccc1CCCC(Br)c1ccccc1. The molecule has 0 aliphatic heterocycles. The van der Waals surface area contributed by atoms with Gasteiger partial charge in [-0.25, -0.2) is 4.39 Å². The molecule has 0 saturated heterocycles. The van der Waals surface area contributed by atoms with Gasteiger partial charge in [-0.1, -0.05) is 64.5 Å². The van der Waals surface area contributed by atoms with Crippen LogP contribution in [0.4, 0.5) is 4.39 Å². The fraction of sp³-hybridized carbons (Fsp3) is 0.250. The predicted molar refractivity (Wildman–Crippen MR) is 77.4 cm³/mol. The first-order valence-corrected chi connectivity index (χ1v) is 7.11. The minimum absolute atomic E-state index is 0.0941. The summed E-state index contributed by atoms with van der Waals surface area (Å²) in [5.41, 5.74) is 2.09. The Balaban J connectivity index is 1.84. The standard InChI is InChI=1S/C16H16BrF/c17-15(13-7-2-1-3-8-13)11-6-10-14-9-4-5-12-16(14)18/h1-5,7-9,12,15H,6,10-11H2. The third kappa shape index (κ3) is 3.67. The molecule has 1 atom stereocenters. The van der Waals surface area contributed by atoms with Crippen molar-refractivity contribution in [3.63, 3.8) is 0 Å². The van der Waals surface area contributed by atoms with Gasteiger partial charge in [0.1, 0.15) is 5.82 Å². The van der Waals surface area contributed by atoms with E-state index in [2.05, 4.69) is 28.1 Å². The summed E-state index contributed by atoms with van der Waals surface area (Å²) in [6, 6.07) is 17.3. The summed E-state index contributed by atoms with van der Waals surface area (Å²) in [6.45, 7) is 0. The maximum atomic E-state index is 13.4. The van der Waals surface area contributed by atoms with Gasteiger partial charge in [0.05, 0.1) is 0 Å². The molecular formula is C16H16BrF. The van der Waals surface area contributed by atoms with Gasteiger partial charge in [-0.3, -0.25) is 0 Å². The quantitative estimate of drug-likeness (QED) is 0.659. The van der Waals surface area contributed by atoms with Crippen LogP contribution in [0.5, 0.6) is 0 Å². The molecule has 0 amide bonds. The Bertz CT molecular complexity index is 481. The van der Waals surface area contributed by atoms with Crippen molar-refractivity contribution in [2.75, 3.05) is 0 Å². The highest BCUT2D eigenvalue weighted by molar-refractivity contribution is 9.09. The average Bonchev–Trinajstić information content (AvgIpc) is 2.42. The van der Waals surface area contributed by atoms with Gasteiger partial charge in [0, 0.05) is 4.83 Å². The molecule has 0 N–H and O–H groups in total. The summed E-state index contributed by atoms with van der Waals surface area (Å²) in [7, 11) is 0. The maximum Gasteiger partial charge on any atom is 0.126 e. The van der Waals surface area contributed by atoms with Gasteiger partial charge in [0.15, 0.2) is 0 Å². The number of rotatable bonds is 5.